The van der Waals surface area contributed by atoms with Crippen molar-refractivity contribution in [1.29, 1.82) is 0 Å². The zero-order chi connectivity index (χ0) is 18.2. The Morgan fingerprint density at radius 1 is 1.27 bits per heavy atom. The van der Waals surface area contributed by atoms with E-state index in [0.717, 1.165) is 11.5 Å². The largest absolute Gasteiger partial charge is 0.486 e. The number of nitrogens with zero attached hydrogens (tertiary/aromatic N) is 1. The van der Waals surface area contributed by atoms with Crippen molar-refractivity contribution in [1.82, 2.24) is 10.2 Å². The van der Waals surface area contributed by atoms with Crippen molar-refractivity contribution >= 4 is 5.91 Å². The highest BCUT2D eigenvalue weighted by molar-refractivity contribution is 5.78. The van der Waals surface area contributed by atoms with Crippen LogP contribution in [-0.4, -0.2) is 56.9 Å². The predicted octanol–water partition coefficient (Wildman–Crippen LogP) is 1.68. The van der Waals surface area contributed by atoms with E-state index in [9.17, 15) is 4.79 Å². The zero-order valence-electron chi connectivity index (χ0n) is 14.8. The fourth-order valence-electron chi connectivity index (χ4n) is 2.71. The van der Waals surface area contributed by atoms with Gasteiger partial charge < -0.3 is 23.9 Å². The van der Waals surface area contributed by atoms with Crippen molar-refractivity contribution in [2.45, 2.75) is 12.6 Å². The standard InChI is InChI=1S/C19H24N2O5/c1-23-10-8-21(12-15-5-4-9-24-15)13-19(22)20-11-16-14-25-17-6-2-3-7-18(17)26-16/h2-7,9,16H,8,10-14H2,1H3,(H,20,22). The molecule has 0 bridgehead atoms. The number of benzene rings is 1. The van der Waals surface area contributed by atoms with Gasteiger partial charge in [0.15, 0.2) is 11.5 Å². The van der Waals surface area contributed by atoms with E-state index in [1.807, 2.05) is 41.3 Å². The van der Waals surface area contributed by atoms with Crippen LogP contribution in [0, 0.1) is 0 Å². The summed E-state index contributed by atoms with van der Waals surface area (Å²) in [5, 5.41) is 2.91. The van der Waals surface area contributed by atoms with Gasteiger partial charge in [-0.05, 0) is 24.3 Å². The number of hydrogen-bond acceptors (Lipinski definition) is 6. The first kappa shape index (κ1) is 18.3. The summed E-state index contributed by atoms with van der Waals surface area (Å²) < 4.78 is 22.0. The number of fused-ring (bicyclic) bond motifs is 1. The fourth-order valence-corrected chi connectivity index (χ4v) is 2.71. The van der Waals surface area contributed by atoms with E-state index in [0.29, 0.717) is 38.6 Å². The molecule has 1 aromatic heterocycles. The molecular formula is C19H24N2O5. The van der Waals surface area contributed by atoms with Gasteiger partial charge in [-0.3, -0.25) is 9.69 Å². The summed E-state index contributed by atoms with van der Waals surface area (Å²) in [5.41, 5.74) is 0. The molecule has 1 amide bonds. The van der Waals surface area contributed by atoms with E-state index in [1.54, 1.807) is 13.4 Å². The predicted molar refractivity (Wildman–Crippen MR) is 95.2 cm³/mol. The van der Waals surface area contributed by atoms with Gasteiger partial charge in [-0.2, -0.15) is 0 Å². The van der Waals surface area contributed by atoms with Crippen molar-refractivity contribution in [3.8, 4) is 11.5 Å². The van der Waals surface area contributed by atoms with Gasteiger partial charge in [0.05, 0.1) is 32.5 Å². The molecule has 1 N–H and O–H groups in total. The van der Waals surface area contributed by atoms with Gasteiger partial charge in [0.1, 0.15) is 18.5 Å². The van der Waals surface area contributed by atoms with Gasteiger partial charge >= 0.3 is 0 Å². The summed E-state index contributed by atoms with van der Waals surface area (Å²) in [6.45, 7) is 2.81. The number of rotatable bonds is 9. The minimum Gasteiger partial charge on any atom is -0.486 e. The molecule has 0 saturated heterocycles. The minimum absolute atomic E-state index is 0.0740. The molecule has 26 heavy (non-hydrogen) atoms. The molecule has 1 aliphatic rings. The first-order valence-electron chi connectivity index (χ1n) is 8.63. The molecule has 0 aliphatic carbocycles. The summed E-state index contributed by atoms with van der Waals surface area (Å²) in [6, 6.07) is 11.2. The molecule has 0 radical (unpaired) electrons. The normalized spacial score (nSPS) is 15.8. The Balaban J connectivity index is 1.46. The summed E-state index contributed by atoms with van der Waals surface area (Å²) in [6.07, 6.45) is 1.42. The highest BCUT2D eigenvalue weighted by atomic mass is 16.6. The third kappa shape index (κ3) is 5.24. The Kier molecular flexibility index (Phi) is 6.51. The average molecular weight is 360 g/mol. The van der Waals surface area contributed by atoms with E-state index in [1.165, 1.54) is 0 Å². The Bertz CT molecular complexity index is 689. The molecular weight excluding hydrogens is 336 g/mol. The van der Waals surface area contributed by atoms with Gasteiger partial charge in [-0.15, -0.1) is 0 Å². The molecule has 1 aromatic carbocycles. The number of carbonyl (C=O) groups excluding carboxylic acids is 1. The third-order valence-corrected chi connectivity index (χ3v) is 4.03. The Hall–Kier alpha value is -2.51. The molecule has 3 rings (SSSR count). The SMILES string of the molecule is COCCN(CC(=O)NCC1COc2ccccc2O1)Cc1ccco1. The molecule has 2 heterocycles. The lowest BCUT2D eigenvalue weighted by atomic mass is 10.2. The molecule has 140 valence electrons. The number of furan rings is 1. The maximum absolute atomic E-state index is 12.3. The lowest BCUT2D eigenvalue weighted by molar-refractivity contribution is -0.123. The molecule has 1 unspecified atom stereocenters. The van der Waals surface area contributed by atoms with Crippen LogP contribution in [0.5, 0.6) is 11.5 Å². The maximum atomic E-state index is 12.3. The van der Waals surface area contributed by atoms with Crippen molar-refractivity contribution in [2.24, 2.45) is 0 Å². The quantitative estimate of drug-likeness (QED) is 0.734. The van der Waals surface area contributed by atoms with Crippen molar-refractivity contribution in [3.63, 3.8) is 0 Å². The smallest absolute Gasteiger partial charge is 0.234 e. The molecule has 7 nitrogen and oxygen atoms in total. The Labute approximate surface area is 152 Å². The third-order valence-electron chi connectivity index (χ3n) is 4.03. The van der Waals surface area contributed by atoms with Crippen LogP contribution in [0.3, 0.4) is 0 Å². The van der Waals surface area contributed by atoms with E-state index in [4.69, 9.17) is 18.6 Å². The second-order valence-corrected chi connectivity index (χ2v) is 6.08. The van der Waals surface area contributed by atoms with Crippen LogP contribution < -0.4 is 14.8 Å². The Morgan fingerprint density at radius 3 is 2.88 bits per heavy atom. The monoisotopic (exact) mass is 360 g/mol. The van der Waals surface area contributed by atoms with Gasteiger partial charge in [-0.25, -0.2) is 0 Å². The molecule has 0 spiro atoms. The lowest BCUT2D eigenvalue weighted by Crippen LogP contribution is -2.44. The lowest BCUT2D eigenvalue weighted by Gasteiger charge is -2.27. The van der Waals surface area contributed by atoms with Crippen LogP contribution in [-0.2, 0) is 16.1 Å². The highest BCUT2D eigenvalue weighted by Crippen LogP contribution is 2.30. The van der Waals surface area contributed by atoms with Crippen molar-refractivity contribution in [3.05, 3.63) is 48.4 Å². The maximum Gasteiger partial charge on any atom is 0.234 e. The second kappa shape index (κ2) is 9.26. The molecule has 7 heteroatoms. The first-order valence-corrected chi connectivity index (χ1v) is 8.63. The number of hydrogen-bond donors (Lipinski definition) is 1. The van der Waals surface area contributed by atoms with Crippen LogP contribution in [0.4, 0.5) is 0 Å². The van der Waals surface area contributed by atoms with E-state index in [2.05, 4.69) is 5.32 Å². The highest BCUT2D eigenvalue weighted by Gasteiger charge is 2.21. The van der Waals surface area contributed by atoms with Crippen molar-refractivity contribution < 1.29 is 23.4 Å². The van der Waals surface area contributed by atoms with E-state index in [-0.39, 0.29) is 18.6 Å². The van der Waals surface area contributed by atoms with Crippen LogP contribution in [0.1, 0.15) is 5.76 Å². The average Bonchev–Trinajstić information content (AvgIpc) is 3.17. The van der Waals surface area contributed by atoms with Crippen LogP contribution in [0.2, 0.25) is 0 Å². The number of methoxy groups -OCH3 is 1. The first-order chi connectivity index (χ1) is 12.7. The summed E-state index contributed by atoms with van der Waals surface area (Å²) in [5.74, 6) is 2.18. The molecule has 2 aromatic rings. The van der Waals surface area contributed by atoms with Crippen molar-refractivity contribution in [2.75, 3.05) is 40.0 Å². The van der Waals surface area contributed by atoms with Gasteiger partial charge in [0.25, 0.3) is 0 Å². The summed E-state index contributed by atoms with van der Waals surface area (Å²) in [4.78, 5) is 14.3. The van der Waals surface area contributed by atoms with Gasteiger partial charge in [0.2, 0.25) is 5.91 Å². The molecule has 0 saturated carbocycles. The van der Waals surface area contributed by atoms with Crippen LogP contribution in [0.15, 0.2) is 47.1 Å². The summed E-state index contributed by atoms with van der Waals surface area (Å²) in [7, 11) is 1.64. The minimum atomic E-state index is -0.202. The van der Waals surface area contributed by atoms with Crippen LogP contribution >= 0.6 is 0 Å². The number of carbonyl (C=O) groups is 1. The molecule has 1 atom stereocenters. The van der Waals surface area contributed by atoms with Gasteiger partial charge in [-0.1, -0.05) is 12.1 Å². The topological polar surface area (TPSA) is 73.2 Å². The number of amides is 1. The van der Waals surface area contributed by atoms with Gasteiger partial charge in [0, 0.05) is 13.7 Å². The molecule has 0 fully saturated rings. The number of para-hydroxylation sites is 2. The summed E-state index contributed by atoms with van der Waals surface area (Å²) >= 11 is 0. The number of nitrogens with one attached hydrogen (secondary N) is 1. The molecule has 1 aliphatic heterocycles. The zero-order valence-corrected chi connectivity index (χ0v) is 14.8. The fraction of sp³-hybridized carbons (Fsp3) is 0.421. The second-order valence-electron chi connectivity index (χ2n) is 6.08. The van der Waals surface area contributed by atoms with E-state index < -0.39 is 0 Å². The number of ether oxygens (including phenoxy) is 3. The Morgan fingerprint density at radius 2 is 2.12 bits per heavy atom. The van der Waals surface area contributed by atoms with Crippen LogP contribution in [0.25, 0.3) is 0 Å². The van der Waals surface area contributed by atoms with E-state index >= 15 is 0 Å².